The van der Waals surface area contributed by atoms with Crippen LogP contribution in [0.25, 0.3) is 0 Å². The maximum absolute atomic E-state index is 10.1. The average molecular weight is 388 g/mol. The van der Waals surface area contributed by atoms with Crippen molar-refractivity contribution in [2.75, 3.05) is 13.7 Å². The standard InChI is InChI=1S/C22H26ClNO3/c1-24-11-16-3-2-14(7-18(16)12-24)6-17-8-15(4-5-21(17)23)22-10-19(26)9-20(13-25)27-22/h2-5,7-8,19-20,22,25-26H,6,9-13H2,1H3. The molecule has 2 aromatic carbocycles. The number of benzene rings is 2. The minimum Gasteiger partial charge on any atom is -0.394 e. The summed E-state index contributed by atoms with van der Waals surface area (Å²) in [6.45, 7) is 1.93. The van der Waals surface area contributed by atoms with Gasteiger partial charge in [-0.15, -0.1) is 0 Å². The summed E-state index contributed by atoms with van der Waals surface area (Å²) in [5.41, 5.74) is 6.12. The Labute approximate surface area is 165 Å². The minimum atomic E-state index is -0.450. The van der Waals surface area contributed by atoms with Gasteiger partial charge in [-0.2, -0.15) is 0 Å². The maximum Gasteiger partial charge on any atom is 0.0854 e. The molecule has 0 spiro atoms. The second-order valence-electron chi connectivity index (χ2n) is 7.86. The smallest absolute Gasteiger partial charge is 0.0854 e. The predicted molar refractivity (Wildman–Crippen MR) is 106 cm³/mol. The van der Waals surface area contributed by atoms with Gasteiger partial charge in [-0.3, -0.25) is 4.90 Å². The number of hydrogen-bond acceptors (Lipinski definition) is 4. The SMILES string of the molecule is CN1Cc2ccc(Cc3cc(C4CC(O)CC(CO)O4)ccc3Cl)cc2C1. The van der Waals surface area contributed by atoms with Crippen molar-refractivity contribution in [3.63, 3.8) is 0 Å². The molecular weight excluding hydrogens is 362 g/mol. The number of ether oxygens (including phenoxy) is 1. The number of nitrogens with zero attached hydrogens (tertiary/aromatic N) is 1. The maximum atomic E-state index is 10.1. The molecule has 0 radical (unpaired) electrons. The predicted octanol–water partition coefficient (Wildman–Crippen LogP) is 3.45. The van der Waals surface area contributed by atoms with Gasteiger partial charge < -0.3 is 14.9 Å². The summed E-state index contributed by atoms with van der Waals surface area (Å²) >= 11 is 6.47. The highest BCUT2D eigenvalue weighted by atomic mass is 35.5. The van der Waals surface area contributed by atoms with E-state index in [1.54, 1.807) is 0 Å². The van der Waals surface area contributed by atoms with E-state index in [1.807, 2.05) is 12.1 Å². The van der Waals surface area contributed by atoms with Gasteiger partial charge in [-0.25, -0.2) is 0 Å². The molecule has 144 valence electrons. The summed E-state index contributed by atoms with van der Waals surface area (Å²) in [6.07, 6.45) is 0.818. The van der Waals surface area contributed by atoms with Crippen LogP contribution < -0.4 is 0 Å². The number of aliphatic hydroxyl groups excluding tert-OH is 2. The molecule has 1 saturated heterocycles. The molecule has 0 saturated carbocycles. The Morgan fingerprint density at radius 3 is 2.74 bits per heavy atom. The fraction of sp³-hybridized carbons (Fsp3) is 0.455. The first kappa shape index (κ1) is 18.9. The summed E-state index contributed by atoms with van der Waals surface area (Å²) in [5, 5.41) is 20.2. The van der Waals surface area contributed by atoms with E-state index < -0.39 is 6.10 Å². The molecule has 1 fully saturated rings. The highest BCUT2D eigenvalue weighted by molar-refractivity contribution is 6.31. The van der Waals surface area contributed by atoms with E-state index in [0.717, 1.165) is 35.7 Å². The average Bonchev–Trinajstić information content (AvgIpc) is 3.02. The number of fused-ring (bicyclic) bond motifs is 1. The molecule has 27 heavy (non-hydrogen) atoms. The van der Waals surface area contributed by atoms with Crippen LogP contribution in [-0.2, 0) is 24.2 Å². The summed E-state index contributed by atoms with van der Waals surface area (Å²) in [4.78, 5) is 2.31. The van der Waals surface area contributed by atoms with Crippen LogP contribution in [0, 0.1) is 0 Å². The third kappa shape index (κ3) is 4.20. The Kier molecular flexibility index (Phi) is 5.53. The molecule has 2 aliphatic heterocycles. The largest absolute Gasteiger partial charge is 0.394 e. The van der Waals surface area contributed by atoms with Crippen molar-refractivity contribution in [2.24, 2.45) is 0 Å². The fourth-order valence-electron chi connectivity index (χ4n) is 4.20. The third-order valence-corrected chi connectivity index (χ3v) is 5.94. The molecule has 2 aromatic rings. The van der Waals surface area contributed by atoms with Gasteiger partial charge in [0.25, 0.3) is 0 Å². The van der Waals surface area contributed by atoms with Crippen molar-refractivity contribution in [3.8, 4) is 0 Å². The van der Waals surface area contributed by atoms with E-state index in [4.69, 9.17) is 16.3 Å². The molecular formula is C22H26ClNO3. The molecule has 0 aliphatic carbocycles. The van der Waals surface area contributed by atoms with E-state index in [2.05, 4.69) is 36.2 Å². The van der Waals surface area contributed by atoms with Gasteiger partial charge in [0.05, 0.1) is 24.9 Å². The van der Waals surface area contributed by atoms with E-state index in [9.17, 15) is 10.2 Å². The van der Waals surface area contributed by atoms with Gasteiger partial charge >= 0.3 is 0 Å². The number of rotatable bonds is 4. The van der Waals surface area contributed by atoms with Crippen LogP contribution in [0.3, 0.4) is 0 Å². The van der Waals surface area contributed by atoms with Gasteiger partial charge in [0.2, 0.25) is 0 Å². The first-order chi connectivity index (χ1) is 13.0. The van der Waals surface area contributed by atoms with Crippen molar-refractivity contribution >= 4 is 11.6 Å². The molecule has 3 unspecified atom stereocenters. The fourth-order valence-corrected chi connectivity index (χ4v) is 4.39. The van der Waals surface area contributed by atoms with E-state index in [1.165, 1.54) is 16.7 Å². The monoisotopic (exact) mass is 387 g/mol. The van der Waals surface area contributed by atoms with Crippen LogP contribution >= 0.6 is 11.6 Å². The zero-order chi connectivity index (χ0) is 19.0. The summed E-state index contributed by atoms with van der Waals surface area (Å²) in [7, 11) is 2.14. The van der Waals surface area contributed by atoms with Crippen LogP contribution in [0.15, 0.2) is 36.4 Å². The Bertz CT molecular complexity index is 825. The molecule has 2 heterocycles. The van der Waals surface area contributed by atoms with Gasteiger partial charge in [0, 0.05) is 31.0 Å². The Morgan fingerprint density at radius 2 is 1.93 bits per heavy atom. The number of hydrogen-bond donors (Lipinski definition) is 2. The molecule has 4 nitrogen and oxygen atoms in total. The first-order valence-electron chi connectivity index (χ1n) is 9.53. The molecule has 2 N–H and O–H groups in total. The zero-order valence-electron chi connectivity index (χ0n) is 15.6. The van der Waals surface area contributed by atoms with Crippen molar-refractivity contribution in [2.45, 2.75) is 50.7 Å². The second-order valence-corrected chi connectivity index (χ2v) is 8.26. The third-order valence-electron chi connectivity index (χ3n) is 5.57. The number of halogens is 1. The number of aliphatic hydroxyl groups is 2. The Morgan fingerprint density at radius 1 is 1.11 bits per heavy atom. The normalized spacial score (nSPS) is 25.6. The van der Waals surface area contributed by atoms with E-state index >= 15 is 0 Å². The highest BCUT2D eigenvalue weighted by Gasteiger charge is 2.29. The van der Waals surface area contributed by atoms with Crippen molar-refractivity contribution in [3.05, 3.63) is 69.2 Å². The van der Waals surface area contributed by atoms with Crippen molar-refractivity contribution in [1.82, 2.24) is 4.90 Å². The molecule has 0 aromatic heterocycles. The molecule has 5 heteroatoms. The quantitative estimate of drug-likeness (QED) is 0.843. The topological polar surface area (TPSA) is 52.9 Å². The van der Waals surface area contributed by atoms with Gasteiger partial charge in [-0.1, -0.05) is 41.9 Å². The van der Waals surface area contributed by atoms with E-state index in [0.29, 0.717) is 12.8 Å². The van der Waals surface area contributed by atoms with Crippen molar-refractivity contribution in [1.29, 1.82) is 0 Å². The lowest BCUT2D eigenvalue weighted by Gasteiger charge is -2.32. The highest BCUT2D eigenvalue weighted by Crippen LogP contribution is 2.34. The lowest BCUT2D eigenvalue weighted by Crippen LogP contribution is -2.33. The van der Waals surface area contributed by atoms with Gasteiger partial charge in [0.1, 0.15) is 0 Å². The lowest BCUT2D eigenvalue weighted by molar-refractivity contribution is -0.113. The van der Waals surface area contributed by atoms with Crippen LogP contribution in [0.5, 0.6) is 0 Å². The van der Waals surface area contributed by atoms with Gasteiger partial charge in [0.15, 0.2) is 0 Å². The van der Waals surface area contributed by atoms with Crippen LogP contribution in [-0.4, -0.2) is 41.0 Å². The Hall–Kier alpha value is -1.43. The summed E-state index contributed by atoms with van der Waals surface area (Å²) in [5.74, 6) is 0. The van der Waals surface area contributed by atoms with Crippen LogP contribution in [0.1, 0.15) is 46.8 Å². The molecule has 0 bridgehead atoms. The van der Waals surface area contributed by atoms with Crippen LogP contribution in [0.2, 0.25) is 5.02 Å². The van der Waals surface area contributed by atoms with Crippen molar-refractivity contribution < 1.29 is 14.9 Å². The second kappa shape index (κ2) is 7.90. The van der Waals surface area contributed by atoms with E-state index in [-0.39, 0.29) is 18.8 Å². The lowest BCUT2D eigenvalue weighted by atomic mass is 9.93. The van der Waals surface area contributed by atoms with Gasteiger partial charge in [-0.05, 0) is 47.4 Å². The Balaban J connectivity index is 1.55. The molecule has 2 aliphatic rings. The summed E-state index contributed by atoms with van der Waals surface area (Å²) < 4.78 is 5.95. The minimum absolute atomic E-state index is 0.0718. The zero-order valence-corrected chi connectivity index (χ0v) is 16.3. The molecule has 4 rings (SSSR count). The molecule has 3 atom stereocenters. The summed E-state index contributed by atoms with van der Waals surface area (Å²) in [6, 6.07) is 12.6. The molecule has 0 amide bonds. The first-order valence-corrected chi connectivity index (χ1v) is 9.91. The van der Waals surface area contributed by atoms with Crippen LogP contribution in [0.4, 0.5) is 0 Å².